The van der Waals surface area contributed by atoms with Gasteiger partial charge in [0.05, 0.1) is 21.1 Å². The Balaban J connectivity index is 0.00000288. The van der Waals surface area contributed by atoms with Crippen LogP contribution in [0.3, 0.4) is 0 Å². The highest BCUT2D eigenvalue weighted by atomic mass is 127. The summed E-state index contributed by atoms with van der Waals surface area (Å²) in [6.07, 6.45) is -0.480. The van der Waals surface area contributed by atoms with Crippen molar-refractivity contribution in [1.29, 1.82) is 0 Å². The van der Waals surface area contributed by atoms with E-state index in [2.05, 4.69) is 25.2 Å². The van der Waals surface area contributed by atoms with E-state index in [0.717, 1.165) is 11.3 Å². The van der Waals surface area contributed by atoms with E-state index in [4.69, 9.17) is 4.74 Å². The van der Waals surface area contributed by atoms with Gasteiger partial charge in [-0.2, -0.15) is 0 Å². The largest absolute Gasteiger partial charge is 1.00 e. The Morgan fingerprint density at radius 2 is 1.67 bits per heavy atom. The lowest BCUT2D eigenvalue weighted by Crippen LogP contribution is -3.00. The van der Waals surface area contributed by atoms with Crippen molar-refractivity contribution in [3.8, 4) is 5.75 Å². The minimum absolute atomic E-state index is 0. The van der Waals surface area contributed by atoms with Crippen molar-refractivity contribution in [3.63, 3.8) is 0 Å². The van der Waals surface area contributed by atoms with Gasteiger partial charge in [-0.25, -0.2) is 4.79 Å². The SMILES string of the molecule is CC(C)c1ccc([N+](C)(C)C)c(OC(=O)Nc2ccccc2)c1.[I-]. The molecule has 0 aliphatic heterocycles. The zero-order valence-corrected chi connectivity index (χ0v) is 17.0. The third-order valence-electron chi connectivity index (χ3n) is 3.60. The molecule has 1 N–H and O–H groups in total. The summed E-state index contributed by atoms with van der Waals surface area (Å²) in [7, 11) is 6.14. The molecule has 0 fully saturated rings. The van der Waals surface area contributed by atoms with E-state index in [0.29, 0.717) is 21.8 Å². The lowest BCUT2D eigenvalue weighted by molar-refractivity contribution is -0.00000978. The molecule has 0 spiro atoms. The van der Waals surface area contributed by atoms with Crippen molar-refractivity contribution in [1.82, 2.24) is 4.48 Å². The van der Waals surface area contributed by atoms with Crippen LogP contribution in [0.15, 0.2) is 48.5 Å². The lowest BCUT2D eigenvalue weighted by Gasteiger charge is -2.26. The molecule has 0 radical (unpaired) electrons. The van der Waals surface area contributed by atoms with Gasteiger partial charge >= 0.3 is 6.09 Å². The lowest BCUT2D eigenvalue weighted by atomic mass is 10.0. The third kappa shape index (κ3) is 5.49. The van der Waals surface area contributed by atoms with Gasteiger partial charge in [-0.15, -0.1) is 0 Å². The Labute approximate surface area is 161 Å². The predicted octanol–water partition coefficient (Wildman–Crippen LogP) is 1.62. The van der Waals surface area contributed by atoms with Crippen LogP contribution in [0.1, 0.15) is 25.3 Å². The number of rotatable bonds is 4. The molecule has 2 aromatic rings. The minimum Gasteiger partial charge on any atom is -1.00 e. The molecule has 0 aliphatic rings. The van der Waals surface area contributed by atoms with E-state index in [1.165, 1.54) is 0 Å². The number of nitrogens with one attached hydrogen (secondary N) is 1. The Bertz CT molecular complexity index is 680. The van der Waals surface area contributed by atoms with Crippen LogP contribution in [-0.2, 0) is 0 Å². The van der Waals surface area contributed by atoms with Gasteiger partial charge in [-0.05, 0) is 29.7 Å². The first-order chi connectivity index (χ1) is 10.8. The fourth-order valence-electron chi connectivity index (χ4n) is 2.29. The second kappa shape index (κ2) is 8.48. The summed E-state index contributed by atoms with van der Waals surface area (Å²) in [5.41, 5.74) is 2.81. The summed E-state index contributed by atoms with van der Waals surface area (Å²) in [6.45, 7) is 4.24. The Hall–Kier alpha value is -1.60. The van der Waals surface area contributed by atoms with Crippen molar-refractivity contribution in [3.05, 3.63) is 54.1 Å². The Morgan fingerprint density at radius 1 is 1.04 bits per heavy atom. The van der Waals surface area contributed by atoms with Crippen molar-refractivity contribution >= 4 is 17.5 Å². The second-order valence-electron chi connectivity index (χ2n) is 6.77. The summed E-state index contributed by atoms with van der Waals surface area (Å²) < 4.78 is 6.18. The molecule has 0 bridgehead atoms. The number of carbonyl (C=O) groups excluding carboxylic acids is 1. The van der Waals surface area contributed by atoms with E-state index < -0.39 is 6.09 Å². The fourth-order valence-corrected chi connectivity index (χ4v) is 2.29. The first-order valence-electron chi connectivity index (χ1n) is 7.77. The highest BCUT2D eigenvalue weighted by Gasteiger charge is 2.22. The van der Waals surface area contributed by atoms with E-state index >= 15 is 0 Å². The Kier molecular flexibility index (Phi) is 7.23. The quantitative estimate of drug-likeness (QED) is 0.580. The molecule has 130 valence electrons. The summed E-state index contributed by atoms with van der Waals surface area (Å²) >= 11 is 0. The zero-order chi connectivity index (χ0) is 17.0. The minimum atomic E-state index is -0.480. The molecule has 0 saturated carbocycles. The first-order valence-corrected chi connectivity index (χ1v) is 7.77. The maximum Gasteiger partial charge on any atom is 0.417 e. The molecule has 24 heavy (non-hydrogen) atoms. The van der Waals surface area contributed by atoms with Crippen LogP contribution < -0.4 is 38.5 Å². The van der Waals surface area contributed by atoms with E-state index in [-0.39, 0.29) is 24.0 Å². The van der Waals surface area contributed by atoms with Gasteiger partial charge in [0.2, 0.25) is 0 Å². The molecule has 4 nitrogen and oxygen atoms in total. The van der Waals surface area contributed by atoms with Gasteiger partial charge in [0.25, 0.3) is 0 Å². The maximum absolute atomic E-state index is 12.2. The number of hydrogen-bond donors (Lipinski definition) is 1. The van der Waals surface area contributed by atoms with Gasteiger partial charge in [0.1, 0.15) is 0 Å². The monoisotopic (exact) mass is 440 g/mol. The van der Waals surface area contributed by atoms with Crippen molar-refractivity contribution < 1.29 is 33.5 Å². The van der Waals surface area contributed by atoms with Crippen LogP contribution >= 0.6 is 0 Å². The molecular formula is C19H25IN2O2. The number of nitrogens with zero attached hydrogens (tertiary/aromatic N) is 1. The van der Waals surface area contributed by atoms with Gasteiger partial charge in [-0.3, -0.25) is 9.80 Å². The molecule has 1 amide bonds. The van der Waals surface area contributed by atoms with Crippen molar-refractivity contribution in [2.24, 2.45) is 0 Å². The van der Waals surface area contributed by atoms with Crippen LogP contribution in [0.25, 0.3) is 0 Å². The van der Waals surface area contributed by atoms with Crippen molar-refractivity contribution in [2.75, 3.05) is 26.5 Å². The smallest absolute Gasteiger partial charge is 0.417 e. The number of benzene rings is 2. The van der Waals surface area contributed by atoms with Crippen LogP contribution in [0.5, 0.6) is 5.75 Å². The van der Waals surface area contributed by atoms with E-state index in [1.807, 2.05) is 63.6 Å². The van der Waals surface area contributed by atoms with Gasteiger partial charge in [0.15, 0.2) is 11.4 Å². The standard InChI is InChI=1S/C19H24N2O2.HI/c1-14(2)15-11-12-17(21(3,4)5)18(13-15)23-19(22)20-16-9-7-6-8-10-16;/h6-14H,1-5H3;1H. The summed E-state index contributed by atoms with van der Waals surface area (Å²) in [4.78, 5) is 12.2. The van der Waals surface area contributed by atoms with Crippen LogP contribution in [0.4, 0.5) is 16.2 Å². The van der Waals surface area contributed by atoms with Crippen LogP contribution in [-0.4, -0.2) is 27.2 Å². The summed E-state index contributed by atoms with van der Waals surface area (Å²) in [5, 5.41) is 2.75. The molecular weight excluding hydrogens is 415 g/mol. The molecule has 0 atom stereocenters. The topological polar surface area (TPSA) is 38.3 Å². The molecule has 0 aromatic heterocycles. The zero-order valence-electron chi connectivity index (χ0n) is 14.8. The highest BCUT2D eigenvalue weighted by molar-refractivity contribution is 5.87. The number of quaternary nitrogens is 1. The van der Waals surface area contributed by atoms with E-state index in [9.17, 15) is 4.79 Å². The summed E-state index contributed by atoms with van der Waals surface area (Å²) in [6, 6.07) is 15.4. The summed E-state index contributed by atoms with van der Waals surface area (Å²) in [5.74, 6) is 0.966. The number of amides is 1. The van der Waals surface area contributed by atoms with Gasteiger partial charge in [-0.1, -0.05) is 38.1 Å². The van der Waals surface area contributed by atoms with Gasteiger partial charge < -0.3 is 28.7 Å². The molecule has 0 unspecified atom stereocenters. The Morgan fingerprint density at radius 3 is 2.21 bits per heavy atom. The van der Waals surface area contributed by atoms with Crippen molar-refractivity contribution in [2.45, 2.75) is 19.8 Å². The van der Waals surface area contributed by atoms with E-state index in [1.54, 1.807) is 0 Å². The molecule has 0 aliphatic carbocycles. The number of hydrogen-bond acceptors (Lipinski definition) is 2. The molecule has 0 heterocycles. The second-order valence-corrected chi connectivity index (χ2v) is 6.77. The maximum atomic E-state index is 12.2. The number of carbonyl (C=O) groups is 1. The number of anilines is 1. The number of halogens is 1. The fraction of sp³-hybridized carbons (Fsp3) is 0.316. The first kappa shape index (κ1) is 20.4. The predicted molar refractivity (Wildman–Crippen MR) is 96.2 cm³/mol. The average molecular weight is 440 g/mol. The highest BCUT2D eigenvalue weighted by Crippen LogP contribution is 2.33. The molecule has 0 saturated heterocycles. The molecule has 2 rings (SSSR count). The van der Waals surface area contributed by atoms with Crippen LogP contribution in [0, 0.1) is 0 Å². The number of para-hydroxylation sites is 1. The average Bonchev–Trinajstić information content (AvgIpc) is 2.46. The number of ether oxygens (including phenoxy) is 1. The third-order valence-corrected chi connectivity index (χ3v) is 3.60. The normalized spacial score (nSPS) is 10.9. The molecule has 5 heteroatoms. The van der Waals surface area contributed by atoms with Gasteiger partial charge in [0, 0.05) is 11.8 Å². The van der Waals surface area contributed by atoms with Crippen LogP contribution in [0.2, 0.25) is 0 Å². The molecule has 2 aromatic carbocycles.